The average molecular weight is 738 g/mol. The van der Waals surface area contributed by atoms with Crippen LogP contribution in [0.1, 0.15) is 0 Å². The molecule has 1 radical (unpaired) electrons. The minimum Gasteiger partial charge on any atom is -0.508 e. The van der Waals surface area contributed by atoms with Gasteiger partial charge in [0.25, 0.3) is 0 Å². The van der Waals surface area contributed by atoms with E-state index in [2.05, 4.69) is 57.0 Å². The molecule has 0 saturated carbocycles. The van der Waals surface area contributed by atoms with Crippen molar-refractivity contribution in [1.82, 2.24) is 0 Å². The molecule has 7 aromatic carbocycles. The van der Waals surface area contributed by atoms with Gasteiger partial charge in [0.15, 0.2) is 0 Å². The highest BCUT2D eigenvalue weighted by molar-refractivity contribution is 6.88. The van der Waals surface area contributed by atoms with Gasteiger partial charge in [-0.05, 0) is 24.3 Å². The molecule has 10 heteroatoms. The summed E-state index contributed by atoms with van der Waals surface area (Å²) >= 11 is 0. The molecule has 0 atom stereocenters. The number of benzene rings is 7. The minimum atomic E-state index is -1.68. The number of anilines is 6. The lowest BCUT2D eigenvalue weighted by Crippen LogP contribution is -2.37. The number of hydrogen-bond donors (Lipinski definition) is 6. The van der Waals surface area contributed by atoms with Crippen LogP contribution < -0.4 is 20.2 Å². The second-order valence-electron chi connectivity index (χ2n) is 14.5. The van der Waals surface area contributed by atoms with Gasteiger partial charge < -0.3 is 40.4 Å². The molecule has 0 spiro atoms. The van der Waals surface area contributed by atoms with E-state index in [0.717, 1.165) is 21.5 Å². The molecule has 0 aliphatic heterocycles. The van der Waals surface area contributed by atoms with Crippen molar-refractivity contribution >= 4 is 82.9 Å². The number of nitrogens with zero attached hydrogens (tertiary/aromatic N) is 2. The molecule has 0 aliphatic carbocycles. The predicted octanol–water partition coefficient (Wildman–Crippen LogP) is 9.67. The lowest BCUT2D eigenvalue weighted by Gasteiger charge is -2.33. The maximum atomic E-state index is 11.4. The molecule has 267 valence electrons. The third kappa shape index (κ3) is 6.36. The summed E-state index contributed by atoms with van der Waals surface area (Å²) in [6.45, 7) is 11.2. The fourth-order valence-corrected chi connectivity index (χ4v) is 9.00. The molecule has 7 aromatic rings. The van der Waals surface area contributed by atoms with Gasteiger partial charge in [-0.2, -0.15) is 0 Å². The predicted molar refractivity (Wildman–Crippen MR) is 221 cm³/mol. The second kappa shape index (κ2) is 13.5. The van der Waals surface area contributed by atoms with Gasteiger partial charge in [0.1, 0.15) is 45.9 Å². The number of rotatable bonds is 8. The topological polar surface area (TPSA) is 128 Å². The van der Waals surface area contributed by atoms with Gasteiger partial charge in [-0.15, -0.1) is 0 Å². The molecular weight excluding hydrogens is 697 g/mol. The summed E-state index contributed by atoms with van der Waals surface area (Å²) in [4.78, 5) is 3.62. The zero-order chi connectivity index (χ0) is 37.8. The van der Waals surface area contributed by atoms with Crippen molar-refractivity contribution in [2.75, 3.05) is 9.80 Å². The first-order chi connectivity index (χ1) is 25.2. The summed E-state index contributed by atoms with van der Waals surface area (Å²) < 4.78 is 0. The number of aromatic hydroxyl groups is 6. The fourth-order valence-electron chi connectivity index (χ4n) is 7.00. The Bertz CT molecular complexity index is 2390. The molecule has 8 nitrogen and oxygen atoms in total. The van der Waals surface area contributed by atoms with Gasteiger partial charge in [0.2, 0.25) is 0 Å². The van der Waals surface area contributed by atoms with Crippen molar-refractivity contribution in [2.45, 2.75) is 32.7 Å². The van der Waals surface area contributed by atoms with E-state index in [4.69, 9.17) is 0 Å². The van der Waals surface area contributed by atoms with Crippen LogP contribution in [0.25, 0.3) is 21.5 Å². The molecule has 6 N–H and O–H groups in total. The highest BCUT2D eigenvalue weighted by atomic mass is 28.3. The standard InChI is InChI=1S/C43H41N2O6Si2/c1-52(2)30-18-14-26(15-19-30)44(42-36(48)22-28(46)23-37(42)49)40-32-10-6-8-12-34(32)41(35-13-9-7-11-33(35)40)45(43-38(50)24-29(47)25-39(43)51)27-16-20-31(21-17-27)53(3,4)5/h6-25,46-51H,1-5H3. The van der Waals surface area contributed by atoms with Crippen LogP contribution >= 0.6 is 0 Å². The van der Waals surface area contributed by atoms with Crippen LogP contribution in [-0.2, 0) is 0 Å². The molecule has 53 heavy (non-hydrogen) atoms. The van der Waals surface area contributed by atoms with E-state index in [9.17, 15) is 30.6 Å². The van der Waals surface area contributed by atoms with Crippen LogP contribution in [0.3, 0.4) is 0 Å². The molecule has 0 aromatic heterocycles. The van der Waals surface area contributed by atoms with E-state index < -0.39 is 16.9 Å². The van der Waals surface area contributed by atoms with Crippen LogP contribution in [0.4, 0.5) is 34.1 Å². The van der Waals surface area contributed by atoms with Crippen molar-refractivity contribution in [1.29, 1.82) is 0 Å². The van der Waals surface area contributed by atoms with E-state index in [1.165, 1.54) is 34.6 Å². The van der Waals surface area contributed by atoms with E-state index >= 15 is 0 Å². The van der Waals surface area contributed by atoms with Crippen LogP contribution in [0, 0.1) is 0 Å². The Morgan fingerprint density at radius 1 is 0.434 bits per heavy atom. The van der Waals surface area contributed by atoms with Gasteiger partial charge in [-0.25, -0.2) is 0 Å². The van der Waals surface area contributed by atoms with Crippen LogP contribution in [-0.4, -0.2) is 47.5 Å². The van der Waals surface area contributed by atoms with Crippen molar-refractivity contribution < 1.29 is 30.6 Å². The third-order valence-electron chi connectivity index (χ3n) is 9.57. The first-order valence-corrected chi connectivity index (χ1v) is 23.3. The van der Waals surface area contributed by atoms with Crippen molar-refractivity contribution in [3.05, 3.63) is 121 Å². The van der Waals surface area contributed by atoms with Crippen molar-refractivity contribution in [2.24, 2.45) is 0 Å². The summed E-state index contributed by atoms with van der Waals surface area (Å²) in [5.74, 6) is -1.83. The average Bonchev–Trinajstić information content (AvgIpc) is 3.10. The van der Waals surface area contributed by atoms with E-state index in [1.807, 2.05) is 82.6 Å². The van der Waals surface area contributed by atoms with Gasteiger partial charge in [0.05, 0.1) is 28.2 Å². The molecule has 0 saturated heterocycles. The van der Waals surface area contributed by atoms with E-state index in [0.29, 0.717) is 22.7 Å². The molecule has 0 fully saturated rings. The SMILES string of the molecule is C[Si](C)c1ccc(N(c2c(O)cc(O)cc2O)c2c3ccccc3c(N(c3ccc([Si](C)(C)C)cc3)c3c(O)cc(O)cc3O)c3ccccc23)cc1. The largest absolute Gasteiger partial charge is 0.508 e. The first kappa shape index (κ1) is 35.3. The van der Waals surface area contributed by atoms with Crippen molar-refractivity contribution in [3.8, 4) is 34.5 Å². The highest BCUT2D eigenvalue weighted by Crippen LogP contribution is 2.56. The van der Waals surface area contributed by atoms with Gasteiger partial charge in [-0.3, -0.25) is 0 Å². The van der Waals surface area contributed by atoms with Crippen molar-refractivity contribution in [3.63, 3.8) is 0 Å². The molecule has 7 rings (SSSR count). The van der Waals surface area contributed by atoms with Gasteiger partial charge >= 0.3 is 0 Å². The maximum absolute atomic E-state index is 11.4. The summed E-state index contributed by atoms with van der Waals surface area (Å²) in [6.07, 6.45) is 0. The normalized spacial score (nSPS) is 11.7. The quantitative estimate of drug-likeness (QED) is 0.0517. The minimum absolute atomic E-state index is 0.0876. The Labute approximate surface area is 310 Å². The zero-order valence-electron chi connectivity index (χ0n) is 30.1. The fraction of sp³-hybridized carbons (Fsp3) is 0.116. The Balaban J connectivity index is 1.62. The van der Waals surface area contributed by atoms with Gasteiger partial charge in [0, 0.05) is 57.2 Å². The lowest BCUT2D eigenvalue weighted by molar-refractivity contribution is 0.428. The number of fused-ring (bicyclic) bond motifs is 2. The molecular formula is C43H41N2O6Si2. The molecule has 0 heterocycles. The Morgan fingerprint density at radius 2 is 0.755 bits per heavy atom. The highest BCUT2D eigenvalue weighted by Gasteiger charge is 2.30. The second-order valence-corrected chi connectivity index (χ2v) is 22.1. The Kier molecular flexibility index (Phi) is 8.97. The summed E-state index contributed by atoms with van der Waals surface area (Å²) in [7, 11) is -2.45. The zero-order valence-corrected chi connectivity index (χ0v) is 32.1. The summed E-state index contributed by atoms with van der Waals surface area (Å²) in [6, 6.07) is 36.5. The Morgan fingerprint density at radius 3 is 1.06 bits per heavy atom. The third-order valence-corrected chi connectivity index (χ3v) is 13.1. The monoisotopic (exact) mass is 737 g/mol. The maximum Gasteiger partial charge on any atom is 0.147 e. The smallest absolute Gasteiger partial charge is 0.147 e. The van der Waals surface area contributed by atoms with E-state index in [1.54, 1.807) is 0 Å². The number of hydrogen-bond acceptors (Lipinski definition) is 8. The van der Waals surface area contributed by atoms with Gasteiger partial charge in [-0.1, -0.05) is 116 Å². The summed E-state index contributed by atoms with van der Waals surface area (Å²) in [5, 5.41) is 71.8. The number of phenols is 6. The summed E-state index contributed by atoms with van der Waals surface area (Å²) in [5.41, 5.74) is 2.81. The van der Waals surface area contributed by atoms with Crippen LogP contribution in [0.15, 0.2) is 121 Å². The van der Waals surface area contributed by atoms with Crippen LogP contribution in [0.2, 0.25) is 32.7 Å². The Hall–Kier alpha value is -6.11. The molecule has 0 bridgehead atoms. The first-order valence-electron chi connectivity index (χ1n) is 17.3. The molecule has 0 unspecified atom stereocenters. The van der Waals surface area contributed by atoms with E-state index in [-0.39, 0.29) is 45.9 Å². The molecule has 0 aliphatic rings. The molecule has 0 amide bonds. The van der Waals surface area contributed by atoms with Crippen LogP contribution in [0.5, 0.6) is 34.5 Å². The number of phenolic OH excluding ortho intramolecular Hbond substituents is 6. The lowest BCUT2D eigenvalue weighted by atomic mass is 9.95.